The van der Waals surface area contributed by atoms with Crippen molar-refractivity contribution in [3.05, 3.63) is 29.8 Å². The zero-order chi connectivity index (χ0) is 13.7. The third kappa shape index (κ3) is 3.69. The highest BCUT2D eigenvalue weighted by molar-refractivity contribution is 5.97. The van der Waals surface area contributed by atoms with E-state index in [9.17, 15) is 4.79 Å². The van der Waals surface area contributed by atoms with E-state index in [1.807, 2.05) is 6.07 Å². The lowest BCUT2D eigenvalue weighted by Crippen LogP contribution is -2.37. The Morgan fingerprint density at radius 2 is 2.05 bits per heavy atom. The molecule has 0 atom stereocenters. The number of carbonyl (C=O) groups is 1. The first-order valence-electron chi connectivity index (χ1n) is 6.40. The van der Waals surface area contributed by atoms with Crippen LogP contribution in [0.15, 0.2) is 29.3 Å². The molecule has 1 aromatic rings. The summed E-state index contributed by atoms with van der Waals surface area (Å²) in [5, 5.41) is 3.06. The Hall–Kier alpha value is -2.08. The SMILES string of the molecule is NNC(=NC1CCCC1)Nc1cccc(C(N)=O)c1. The van der Waals surface area contributed by atoms with Crippen molar-refractivity contribution >= 4 is 17.6 Å². The van der Waals surface area contributed by atoms with Crippen LogP contribution in [0.5, 0.6) is 0 Å². The van der Waals surface area contributed by atoms with Gasteiger partial charge in [0.15, 0.2) is 0 Å². The zero-order valence-corrected chi connectivity index (χ0v) is 10.7. The number of guanidine groups is 1. The van der Waals surface area contributed by atoms with Gasteiger partial charge in [-0.05, 0) is 31.0 Å². The van der Waals surface area contributed by atoms with Crippen molar-refractivity contribution in [3.63, 3.8) is 0 Å². The molecule has 19 heavy (non-hydrogen) atoms. The maximum Gasteiger partial charge on any atom is 0.248 e. The predicted molar refractivity (Wildman–Crippen MR) is 75.6 cm³/mol. The minimum atomic E-state index is -0.460. The molecule has 0 aromatic heterocycles. The zero-order valence-electron chi connectivity index (χ0n) is 10.7. The molecule has 0 bridgehead atoms. The highest BCUT2D eigenvalue weighted by Gasteiger charge is 2.14. The number of hydrazine groups is 1. The van der Waals surface area contributed by atoms with Crippen molar-refractivity contribution in [3.8, 4) is 0 Å². The first kappa shape index (κ1) is 13.4. The van der Waals surface area contributed by atoms with Gasteiger partial charge in [-0.1, -0.05) is 18.9 Å². The quantitative estimate of drug-likeness (QED) is 0.281. The second-order valence-corrected chi connectivity index (χ2v) is 4.63. The molecule has 1 aliphatic rings. The number of hydrogen-bond donors (Lipinski definition) is 4. The molecule has 2 rings (SSSR count). The predicted octanol–water partition coefficient (Wildman–Crippen LogP) is 0.959. The maximum absolute atomic E-state index is 11.1. The standard InChI is InChI=1S/C13H19N5O/c14-12(19)9-4-3-7-11(8-9)17-13(18-15)16-10-5-1-2-6-10/h3-4,7-8,10H,1-2,5-6,15H2,(H2,14,19)(H2,16,17,18). The lowest BCUT2D eigenvalue weighted by Gasteiger charge is -2.12. The molecule has 6 heteroatoms. The number of anilines is 1. The smallest absolute Gasteiger partial charge is 0.248 e. The van der Waals surface area contributed by atoms with Crippen LogP contribution in [0.2, 0.25) is 0 Å². The third-order valence-electron chi connectivity index (χ3n) is 3.18. The Morgan fingerprint density at radius 1 is 1.32 bits per heavy atom. The van der Waals surface area contributed by atoms with Gasteiger partial charge >= 0.3 is 0 Å². The summed E-state index contributed by atoms with van der Waals surface area (Å²) in [6.45, 7) is 0. The van der Waals surface area contributed by atoms with Gasteiger partial charge in [-0.3, -0.25) is 10.2 Å². The van der Waals surface area contributed by atoms with Crippen LogP contribution < -0.4 is 22.3 Å². The summed E-state index contributed by atoms with van der Waals surface area (Å²) in [4.78, 5) is 15.6. The number of amides is 1. The largest absolute Gasteiger partial charge is 0.366 e. The van der Waals surface area contributed by atoms with Gasteiger partial charge in [0.1, 0.15) is 0 Å². The van der Waals surface area contributed by atoms with Gasteiger partial charge in [0, 0.05) is 11.3 Å². The van der Waals surface area contributed by atoms with Crippen molar-refractivity contribution in [2.24, 2.45) is 16.6 Å². The Labute approximate surface area is 112 Å². The lowest BCUT2D eigenvalue weighted by molar-refractivity contribution is 0.100. The van der Waals surface area contributed by atoms with Crippen molar-refractivity contribution in [1.82, 2.24) is 5.43 Å². The number of nitrogens with two attached hydrogens (primary N) is 2. The molecular formula is C13H19N5O. The highest BCUT2D eigenvalue weighted by Crippen LogP contribution is 2.21. The Balaban J connectivity index is 2.09. The van der Waals surface area contributed by atoms with Crippen LogP contribution in [-0.4, -0.2) is 17.9 Å². The van der Waals surface area contributed by atoms with Crippen LogP contribution in [0.1, 0.15) is 36.0 Å². The van der Waals surface area contributed by atoms with E-state index in [1.54, 1.807) is 18.2 Å². The summed E-state index contributed by atoms with van der Waals surface area (Å²) < 4.78 is 0. The molecule has 102 valence electrons. The topological polar surface area (TPSA) is 106 Å². The second-order valence-electron chi connectivity index (χ2n) is 4.63. The molecule has 0 unspecified atom stereocenters. The maximum atomic E-state index is 11.1. The number of hydrogen-bond acceptors (Lipinski definition) is 3. The summed E-state index contributed by atoms with van der Waals surface area (Å²) in [7, 11) is 0. The van der Waals surface area contributed by atoms with Crippen LogP contribution in [0.4, 0.5) is 5.69 Å². The van der Waals surface area contributed by atoms with Crippen molar-refractivity contribution in [2.45, 2.75) is 31.7 Å². The summed E-state index contributed by atoms with van der Waals surface area (Å²) in [5.74, 6) is 5.51. The van der Waals surface area contributed by atoms with E-state index < -0.39 is 5.91 Å². The van der Waals surface area contributed by atoms with Crippen LogP contribution in [-0.2, 0) is 0 Å². The van der Waals surface area contributed by atoms with E-state index in [0.29, 0.717) is 17.6 Å². The van der Waals surface area contributed by atoms with E-state index >= 15 is 0 Å². The fourth-order valence-electron chi connectivity index (χ4n) is 2.21. The molecule has 0 aliphatic heterocycles. The first-order valence-corrected chi connectivity index (χ1v) is 6.40. The molecule has 6 N–H and O–H groups in total. The lowest BCUT2D eigenvalue weighted by atomic mass is 10.2. The van der Waals surface area contributed by atoms with E-state index in [2.05, 4.69) is 15.7 Å². The molecule has 0 heterocycles. The molecule has 1 fully saturated rings. The van der Waals surface area contributed by atoms with Crippen molar-refractivity contribution in [2.75, 3.05) is 5.32 Å². The second kappa shape index (κ2) is 6.19. The Bertz CT molecular complexity index is 480. The van der Waals surface area contributed by atoms with Gasteiger partial charge in [-0.15, -0.1) is 0 Å². The molecular weight excluding hydrogens is 242 g/mol. The fourth-order valence-corrected chi connectivity index (χ4v) is 2.21. The third-order valence-corrected chi connectivity index (χ3v) is 3.18. The van der Waals surface area contributed by atoms with Gasteiger partial charge in [0.05, 0.1) is 6.04 Å². The molecule has 1 saturated carbocycles. The van der Waals surface area contributed by atoms with E-state index in [4.69, 9.17) is 11.6 Å². The number of aliphatic imine (C=N–C) groups is 1. The monoisotopic (exact) mass is 261 g/mol. The van der Waals surface area contributed by atoms with Gasteiger partial charge in [0.2, 0.25) is 11.9 Å². The summed E-state index contributed by atoms with van der Waals surface area (Å²) >= 11 is 0. The minimum Gasteiger partial charge on any atom is -0.366 e. The molecule has 1 amide bonds. The summed E-state index contributed by atoms with van der Waals surface area (Å²) in [6, 6.07) is 7.24. The molecule has 0 radical (unpaired) electrons. The van der Waals surface area contributed by atoms with Gasteiger partial charge < -0.3 is 11.1 Å². The average molecular weight is 261 g/mol. The van der Waals surface area contributed by atoms with Gasteiger partial charge in [0.25, 0.3) is 0 Å². The molecule has 1 aliphatic carbocycles. The normalized spacial score (nSPS) is 16.4. The number of rotatable bonds is 3. The minimum absolute atomic E-state index is 0.317. The molecule has 1 aromatic carbocycles. The Morgan fingerprint density at radius 3 is 2.68 bits per heavy atom. The number of nitrogens with one attached hydrogen (secondary N) is 2. The van der Waals surface area contributed by atoms with Gasteiger partial charge in [-0.25, -0.2) is 10.8 Å². The Kier molecular flexibility index (Phi) is 4.35. The van der Waals surface area contributed by atoms with Crippen LogP contribution >= 0.6 is 0 Å². The van der Waals surface area contributed by atoms with Crippen LogP contribution in [0.3, 0.4) is 0 Å². The number of benzene rings is 1. The van der Waals surface area contributed by atoms with Crippen molar-refractivity contribution < 1.29 is 4.79 Å². The van der Waals surface area contributed by atoms with E-state index in [-0.39, 0.29) is 0 Å². The highest BCUT2D eigenvalue weighted by atomic mass is 16.1. The molecule has 0 saturated heterocycles. The van der Waals surface area contributed by atoms with Crippen LogP contribution in [0, 0.1) is 0 Å². The first-order chi connectivity index (χ1) is 9.19. The molecule has 6 nitrogen and oxygen atoms in total. The number of nitrogens with zero attached hydrogens (tertiary/aromatic N) is 1. The van der Waals surface area contributed by atoms with Crippen molar-refractivity contribution in [1.29, 1.82) is 0 Å². The summed E-state index contributed by atoms with van der Waals surface area (Å²) in [6.07, 6.45) is 4.61. The van der Waals surface area contributed by atoms with Gasteiger partial charge in [-0.2, -0.15) is 0 Å². The number of carbonyl (C=O) groups excluding carboxylic acids is 1. The van der Waals surface area contributed by atoms with E-state index in [0.717, 1.165) is 18.5 Å². The van der Waals surface area contributed by atoms with E-state index in [1.165, 1.54) is 12.8 Å². The molecule has 0 spiro atoms. The average Bonchev–Trinajstić information content (AvgIpc) is 2.91. The summed E-state index contributed by atoms with van der Waals surface area (Å²) in [5.41, 5.74) is 8.96. The number of primary amides is 1. The fraction of sp³-hybridized carbons (Fsp3) is 0.385. The van der Waals surface area contributed by atoms with Crippen LogP contribution in [0.25, 0.3) is 0 Å².